The number of β-amino-alcohol motifs (C(OH)–C–C–N with tert-alkyl or cyclic N) is 1. The number of nitrogens with zero attached hydrogens (tertiary/aromatic N) is 2. The van der Waals surface area contributed by atoms with Gasteiger partial charge >= 0.3 is 0 Å². The lowest BCUT2D eigenvalue weighted by Crippen LogP contribution is -2.47. The Hall–Kier alpha value is -1.34. The van der Waals surface area contributed by atoms with Crippen molar-refractivity contribution in [2.75, 3.05) is 60.0 Å². The molecule has 0 spiro atoms. The van der Waals surface area contributed by atoms with Crippen LogP contribution in [0.2, 0.25) is 0 Å². The Morgan fingerprint density at radius 3 is 2.69 bits per heavy atom. The van der Waals surface area contributed by atoms with Gasteiger partial charge < -0.3 is 24.8 Å². The summed E-state index contributed by atoms with van der Waals surface area (Å²) in [7, 11) is 3.80. The van der Waals surface area contributed by atoms with E-state index in [-0.39, 0.29) is 0 Å². The van der Waals surface area contributed by atoms with E-state index in [0.29, 0.717) is 13.2 Å². The lowest BCUT2D eigenvalue weighted by Gasteiger charge is -2.33. The van der Waals surface area contributed by atoms with Crippen LogP contribution in [-0.4, -0.2) is 81.0 Å². The molecule has 2 aliphatic rings. The molecular weight excluding hydrogens is 330 g/mol. The van der Waals surface area contributed by atoms with Crippen LogP contribution in [0.1, 0.15) is 18.4 Å². The fourth-order valence-corrected chi connectivity index (χ4v) is 3.24. The molecular formula is C20H33N3O3. The first-order valence-corrected chi connectivity index (χ1v) is 9.73. The van der Waals surface area contributed by atoms with E-state index in [0.717, 1.165) is 62.2 Å². The van der Waals surface area contributed by atoms with Crippen LogP contribution >= 0.6 is 0 Å². The summed E-state index contributed by atoms with van der Waals surface area (Å²) in [6.07, 6.45) is 2.20. The van der Waals surface area contributed by atoms with Crippen molar-refractivity contribution in [2.24, 2.45) is 5.92 Å². The number of hydrogen-bond donors (Lipinski definition) is 2. The van der Waals surface area contributed by atoms with E-state index in [1.54, 1.807) is 7.11 Å². The number of rotatable bonds is 10. The normalized spacial score (nSPS) is 20.1. The predicted molar refractivity (Wildman–Crippen MR) is 103 cm³/mol. The standard InChI is InChI=1S/C20H33N3O3/c1-22-7-9-23(10-8-22)14-18(24)15-26-20-11-19(25-2)6-5-17(20)13-21-12-16-3-4-16/h5-6,11,16,18,21,24H,3-4,7-10,12-15H2,1-2H3. The largest absolute Gasteiger partial charge is 0.497 e. The van der Waals surface area contributed by atoms with E-state index >= 15 is 0 Å². The maximum atomic E-state index is 10.4. The van der Waals surface area contributed by atoms with Crippen LogP contribution in [0, 0.1) is 5.92 Å². The van der Waals surface area contributed by atoms with E-state index in [1.165, 1.54) is 12.8 Å². The number of nitrogens with one attached hydrogen (secondary N) is 1. The molecule has 6 heteroatoms. The van der Waals surface area contributed by atoms with Gasteiger partial charge in [-0.2, -0.15) is 0 Å². The maximum Gasteiger partial charge on any atom is 0.127 e. The topological polar surface area (TPSA) is 57.2 Å². The minimum atomic E-state index is -0.489. The highest BCUT2D eigenvalue weighted by Gasteiger charge is 2.21. The molecule has 0 aromatic heterocycles. The van der Waals surface area contributed by atoms with E-state index in [2.05, 4.69) is 22.2 Å². The van der Waals surface area contributed by atoms with Gasteiger partial charge in [-0.1, -0.05) is 6.07 Å². The Balaban J connectivity index is 1.49. The summed E-state index contributed by atoms with van der Waals surface area (Å²) in [6, 6.07) is 5.92. The maximum absolute atomic E-state index is 10.4. The molecule has 6 nitrogen and oxygen atoms in total. The summed E-state index contributed by atoms with van der Waals surface area (Å²) in [5.74, 6) is 2.42. The fourth-order valence-electron chi connectivity index (χ4n) is 3.24. The molecule has 0 amide bonds. The zero-order chi connectivity index (χ0) is 18.4. The highest BCUT2D eigenvalue weighted by atomic mass is 16.5. The van der Waals surface area contributed by atoms with E-state index < -0.39 is 6.10 Å². The molecule has 3 rings (SSSR count). The van der Waals surface area contributed by atoms with Gasteiger partial charge in [0.1, 0.15) is 24.2 Å². The number of benzene rings is 1. The summed E-state index contributed by atoms with van der Waals surface area (Å²) in [5, 5.41) is 13.9. The quantitative estimate of drug-likeness (QED) is 0.651. The predicted octanol–water partition coefficient (Wildman–Crippen LogP) is 1.18. The Kier molecular flexibility index (Phi) is 7.14. The monoisotopic (exact) mass is 363 g/mol. The molecule has 1 saturated carbocycles. The van der Waals surface area contributed by atoms with Gasteiger partial charge in [0.2, 0.25) is 0 Å². The van der Waals surface area contributed by atoms with Crippen LogP contribution in [0.15, 0.2) is 18.2 Å². The van der Waals surface area contributed by atoms with Crippen LogP contribution in [0.4, 0.5) is 0 Å². The second-order valence-electron chi connectivity index (χ2n) is 7.62. The van der Waals surface area contributed by atoms with Crippen molar-refractivity contribution in [1.82, 2.24) is 15.1 Å². The summed E-state index contributed by atoms with van der Waals surface area (Å²) >= 11 is 0. The molecule has 1 aliphatic carbocycles. The van der Waals surface area contributed by atoms with Crippen molar-refractivity contribution >= 4 is 0 Å². The molecule has 1 aromatic rings. The number of aliphatic hydroxyl groups excluding tert-OH is 1. The second-order valence-corrected chi connectivity index (χ2v) is 7.62. The number of ether oxygens (including phenoxy) is 2. The van der Waals surface area contributed by atoms with Gasteiger partial charge in [0.15, 0.2) is 0 Å². The molecule has 1 unspecified atom stereocenters. The Morgan fingerprint density at radius 2 is 2.00 bits per heavy atom. The lowest BCUT2D eigenvalue weighted by molar-refractivity contribution is 0.0501. The number of likely N-dealkylation sites (N-methyl/N-ethyl adjacent to an activating group) is 1. The van der Waals surface area contributed by atoms with Gasteiger partial charge in [-0.05, 0) is 38.4 Å². The summed E-state index contributed by atoms with van der Waals surface area (Å²) in [6.45, 7) is 6.93. The van der Waals surface area contributed by atoms with Gasteiger partial charge in [0.05, 0.1) is 7.11 Å². The number of piperazine rings is 1. The third kappa shape index (κ3) is 6.13. The van der Waals surface area contributed by atoms with E-state index in [9.17, 15) is 5.11 Å². The van der Waals surface area contributed by atoms with Gasteiger partial charge in [-0.3, -0.25) is 4.90 Å². The van der Waals surface area contributed by atoms with E-state index in [1.807, 2.05) is 18.2 Å². The molecule has 0 radical (unpaired) electrons. The number of hydrogen-bond acceptors (Lipinski definition) is 6. The Bertz CT molecular complexity index is 557. The Morgan fingerprint density at radius 1 is 1.23 bits per heavy atom. The molecule has 2 fully saturated rings. The van der Waals surface area contributed by atoms with Crippen LogP contribution in [0.3, 0.4) is 0 Å². The van der Waals surface area contributed by atoms with Gasteiger partial charge in [-0.15, -0.1) is 0 Å². The van der Waals surface area contributed by atoms with E-state index in [4.69, 9.17) is 9.47 Å². The lowest BCUT2D eigenvalue weighted by atomic mass is 10.2. The molecule has 1 aliphatic heterocycles. The Labute approximate surface area is 157 Å². The number of aliphatic hydroxyl groups is 1. The van der Waals surface area contributed by atoms with Crippen LogP contribution in [0.25, 0.3) is 0 Å². The zero-order valence-corrected chi connectivity index (χ0v) is 16.1. The highest BCUT2D eigenvalue weighted by Crippen LogP contribution is 2.28. The van der Waals surface area contributed by atoms with Crippen molar-refractivity contribution in [3.8, 4) is 11.5 Å². The first-order valence-electron chi connectivity index (χ1n) is 9.73. The molecule has 1 aromatic carbocycles. The smallest absolute Gasteiger partial charge is 0.127 e. The minimum absolute atomic E-state index is 0.301. The molecule has 0 bridgehead atoms. The van der Waals surface area contributed by atoms with Gasteiger partial charge in [0.25, 0.3) is 0 Å². The molecule has 1 atom stereocenters. The molecule has 26 heavy (non-hydrogen) atoms. The third-order valence-corrected chi connectivity index (χ3v) is 5.22. The SMILES string of the molecule is COc1ccc(CNCC2CC2)c(OCC(O)CN2CCN(C)CC2)c1. The minimum Gasteiger partial charge on any atom is -0.497 e. The van der Waals surface area contributed by atoms with Crippen LogP contribution in [-0.2, 0) is 6.54 Å². The first kappa shape index (κ1) is 19.4. The van der Waals surface area contributed by atoms with Crippen molar-refractivity contribution in [2.45, 2.75) is 25.5 Å². The van der Waals surface area contributed by atoms with Gasteiger partial charge in [-0.25, -0.2) is 0 Å². The van der Waals surface area contributed by atoms with Crippen molar-refractivity contribution < 1.29 is 14.6 Å². The molecule has 2 N–H and O–H groups in total. The first-order chi connectivity index (χ1) is 12.6. The van der Waals surface area contributed by atoms with Crippen molar-refractivity contribution in [1.29, 1.82) is 0 Å². The van der Waals surface area contributed by atoms with Gasteiger partial charge in [0, 0.05) is 50.9 Å². The molecule has 1 saturated heterocycles. The molecule has 146 valence electrons. The summed E-state index contributed by atoms with van der Waals surface area (Å²) in [5.41, 5.74) is 1.11. The van der Waals surface area contributed by atoms with Crippen LogP contribution in [0.5, 0.6) is 11.5 Å². The zero-order valence-electron chi connectivity index (χ0n) is 16.1. The number of methoxy groups -OCH3 is 1. The van der Waals surface area contributed by atoms with Crippen molar-refractivity contribution in [3.05, 3.63) is 23.8 Å². The van der Waals surface area contributed by atoms with Crippen LogP contribution < -0.4 is 14.8 Å². The summed E-state index contributed by atoms with van der Waals surface area (Å²) in [4.78, 5) is 4.62. The average molecular weight is 364 g/mol. The summed E-state index contributed by atoms with van der Waals surface area (Å²) < 4.78 is 11.3. The third-order valence-electron chi connectivity index (χ3n) is 5.22. The van der Waals surface area contributed by atoms with Crippen molar-refractivity contribution in [3.63, 3.8) is 0 Å². The average Bonchev–Trinajstić information content (AvgIpc) is 3.47. The second kappa shape index (κ2) is 9.55. The highest BCUT2D eigenvalue weighted by molar-refractivity contribution is 5.40. The molecule has 1 heterocycles. The fraction of sp³-hybridized carbons (Fsp3) is 0.700.